The Kier molecular flexibility index (Phi) is 4.08. The van der Waals surface area contributed by atoms with Crippen molar-refractivity contribution in [2.45, 2.75) is 26.2 Å². The highest BCUT2D eigenvalue weighted by molar-refractivity contribution is 7.80. The molecule has 1 rings (SSSR count). The Bertz CT molecular complexity index is 189. The van der Waals surface area contributed by atoms with E-state index in [4.69, 9.17) is 17.0 Å². The quantitative estimate of drug-likeness (QED) is 0.313. The Morgan fingerprint density at radius 1 is 1.67 bits per heavy atom. The average Bonchev–Trinajstić information content (AvgIpc) is 2.46. The van der Waals surface area contributed by atoms with Gasteiger partial charge in [-0.1, -0.05) is 25.6 Å². The third-order valence-corrected chi connectivity index (χ3v) is 2.22. The lowest BCUT2D eigenvalue weighted by Crippen LogP contribution is -2.11. The highest BCUT2D eigenvalue weighted by Gasteiger charge is 2.11. The maximum atomic E-state index is 5.34. The molecule has 0 saturated carbocycles. The van der Waals surface area contributed by atoms with E-state index in [0.29, 0.717) is 0 Å². The molecule has 1 saturated heterocycles. The van der Waals surface area contributed by atoms with Crippen molar-refractivity contribution in [3.63, 3.8) is 0 Å². The van der Waals surface area contributed by atoms with Gasteiger partial charge in [0.05, 0.1) is 12.9 Å². The first-order valence-corrected chi connectivity index (χ1v) is 4.84. The van der Waals surface area contributed by atoms with Gasteiger partial charge in [-0.25, -0.2) is 0 Å². The number of ether oxygens (including phenoxy) is 1. The van der Waals surface area contributed by atoms with Crippen LogP contribution in [0.25, 0.3) is 0 Å². The molecule has 2 nitrogen and oxygen atoms in total. The minimum Gasteiger partial charge on any atom is -0.501 e. The molecule has 0 aliphatic carbocycles. The van der Waals surface area contributed by atoms with Crippen molar-refractivity contribution >= 4 is 17.2 Å². The number of hydrogen-bond acceptors (Lipinski definition) is 2. The summed E-state index contributed by atoms with van der Waals surface area (Å²) in [6.07, 6.45) is 5.10. The summed E-state index contributed by atoms with van der Waals surface area (Å²) in [6, 6.07) is 0. The van der Waals surface area contributed by atoms with Crippen LogP contribution in [-0.2, 0) is 4.74 Å². The summed E-state index contributed by atoms with van der Waals surface area (Å²) >= 11 is 5.06. The van der Waals surface area contributed by atoms with Crippen LogP contribution in [0, 0.1) is 0 Å². The summed E-state index contributed by atoms with van der Waals surface area (Å²) in [4.78, 5) is 0.853. The highest BCUT2D eigenvalue weighted by Crippen LogP contribution is 2.09. The zero-order valence-electron chi connectivity index (χ0n) is 7.43. The van der Waals surface area contributed by atoms with Crippen molar-refractivity contribution in [2.75, 3.05) is 13.2 Å². The fourth-order valence-electron chi connectivity index (χ4n) is 1.04. The van der Waals surface area contributed by atoms with E-state index in [1.54, 1.807) is 6.26 Å². The molecule has 1 aliphatic heterocycles. The van der Waals surface area contributed by atoms with Gasteiger partial charge in [0, 0.05) is 12.1 Å². The molecule has 0 radical (unpaired) electrons. The molecule has 0 atom stereocenters. The fourth-order valence-corrected chi connectivity index (χ4v) is 1.29. The van der Waals surface area contributed by atoms with Crippen molar-refractivity contribution in [2.24, 2.45) is 0 Å². The van der Waals surface area contributed by atoms with Crippen LogP contribution in [0.1, 0.15) is 26.2 Å². The topological polar surface area (TPSA) is 21.3 Å². The van der Waals surface area contributed by atoms with Gasteiger partial charge in [-0.3, -0.25) is 0 Å². The Labute approximate surface area is 79.0 Å². The molecule has 0 amide bonds. The van der Waals surface area contributed by atoms with Gasteiger partial charge in [0.1, 0.15) is 4.99 Å². The van der Waals surface area contributed by atoms with E-state index in [2.05, 4.69) is 12.2 Å². The van der Waals surface area contributed by atoms with E-state index in [1.807, 2.05) is 0 Å². The highest BCUT2D eigenvalue weighted by atomic mass is 32.1. The molecule has 1 fully saturated rings. The Hall–Kier alpha value is -0.570. The number of nitrogens with one attached hydrogen (secondary N) is 1. The number of rotatable bonds is 4. The first-order chi connectivity index (χ1) is 5.84. The lowest BCUT2D eigenvalue weighted by Gasteiger charge is -2.00. The monoisotopic (exact) mass is 185 g/mol. The van der Waals surface area contributed by atoms with E-state index in [0.717, 1.165) is 36.6 Å². The zero-order chi connectivity index (χ0) is 8.81. The first kappa shape index (κ1) is 9.52. The Morgan fingerprint density at radius 3 is 3.08 bits per heavy atom. The van der Waals surface area contributed by atoms with Crippen molar-refractivity contribution < 1.29 is 4.74 Å². The third kappa shape index (κ3) is 2.81. The van der Waals surface area contributed by atoms with Crippen LogP contribution in [0.2, 0.25) is 0 Å². The van der Waals surface area contributed by atoms with Crippen LogP contribution in [0.4, 0.5) is 0 Å². The SMILES string of the molecule is CCCCO/C=C1\CCNC1=S. The van der Waals surface area contributed by atoms with Crippen LogP contribution in [-0.4, -0.2) is 18.1 Å². The maximum absolute atomic E-state index is 5.34. The fraction of sp³-hybridized carbons (Fsp3) is 0.667. The second-order valence-electron chi connectivity index (χ2n) is 2.87. The lowest BCUT2D eigenvalue weighted by molar-refractivity contribution is 0.242. The average molecular weight is 185 g/mol. The molecular weight excluding hydrogens is 170 g/mol. The van der Waals surface area contributed by atoms with Crippen molar-refractivity contribution in [3.05, 3.63) is 11.8 Å². The van der Waals surface area contributed by atoms with Crippen molar-refractivity contribution in [1.29, 1.82) is 0 Å². The molecule has 0 spiro atoms. The summed E-state index contributed by atoms with van der Waals surface area (Å²) in [5.74, 6) is 0. The van der Waals surface area contributed by atoms with Gasteiger partial charge in [0.15, 0.2) is 0 Å². The molecule has 0 aromatic rings. The molecule has 0 bridgehead atoms. The standard InChI is InChI=1S/C9H15NOS/c1-2-3-6-11-7-8-4-5-10-9(8)12/h7H,2-6H2,1H3,(H,10,12)/b8-7+. The lowest BCUT2D eigenvalue weighted by atomic mass is 10.3. The molecule has 1 N–H and O–H groups in total. The van der Waals surface area contributed by atoms with Gasteiger partial charge in [0.25, 0.3) is 0 Å². The van der Waals surface area contributed by atoms with Crippen LogP contribution in [0.15, 0.2) is 11.8 Å². The molecule has 3 heteroatoms. The van der Waals surface area contributed by atoms with Gasteiger partial charge in [-0.15, -0.1) is 0 Å². The minimum atomic E-state index is 0.808. The van der Waals surface area contributed by atoms with Crippen molar-refractivity contribution in [3.8, 4) is 0 Å². The minimum absolute atomic E-state index is 0.808. The number of thiocarbonyl (C=S) groups is 1. The third-order valence-electron chi connectivity index (χ3n) is 1.81. The van der Waals surface area contributed by atoms with Gasteiger partial charge in [-0.2, -0.15) is 0 Å². The van der Waals surface area contributed by atoms with E-state index in [9.17, 15) is 0 Å². The second kappa shape index (κ2) is 5.14. The molecule has 68 valence electrons. The maximum Gasteiger partial charge on any atom is 0.105 e. The Balaban J connectivity index is 2.22. The van der Waals surface area contributed by atoms with Crippen LogP contribution in [0.5, 0.6) is 0 Å². The summed E-state index contributed by atoms with van der Waals surface area (Å²) in [7, 11) is 0. The normalized spacial score (nSPS) is 19.8. The van der Waals surface area contributed by atoms with Crippen LogP contribution in [0.3, 0.4) is 0 Å². The second-order valence-corrected chi connectivity index (χ2v) is 3.28. The number of hydrogen-bond donors (Lipinski definition) is 1. The molecule has 12 heavy (non-hydrogen) atoms. The predicted octanol–water partition coefficient (Wildman–Crippen LogP) is 2.01. The number of unbranched alkanes of at least 4 members (excludes halogenated alkanes) is 1. The van der Waals surface area contributed by atoms with E-state index in [1.165, 1.54) is 6.42 Å². The summed E-state index contributed by atoms with van der Waals surface area (Å²) < 4.78 is 5.34. The Morgan fingerprint density at radius 2 is 2.50 bits per heavy atom. The van der Waals surface area contributed by atoms with Gasteiger partial charge >= 0.3 is 0 Å². The zero-order valence-corrected chi connectivity index (χ0v) is 8.25. The van der Waals surface area contributed by atoms with Gasteiger partial charge in [-0.05, 0) is 12.8 Å². The van der Waals surface area contributed by atoms with E-state index < -0.39 is 0 Å². The molecule has 1 aliphatic rings. The molecule has 0 aromatic carbocycles. The first-order valence-electron chi connectivity index (χ1n) is 4.43. The van der Waals surface area contributed by atoms with Crippen molar-refractivity contribution in [1.82, 2.24) is 5.32 Å². The largest absolute Gasteiger partial charge is 0.501 e. The van der Waals surface area contributed by atoms with Crippen LogP contribution < -0.4 is 5.32 Å². The molecule has 1 heterocycles. The summed E-state index contributed by atoms with van der Waals surface area (Å²) in [6.45, 7) is 3.92. The van der Waals surface area contributed by atoms with E-state index >= 15 is 0 Å². The molecule has 0 unspecified atom stereocenters. The summed E-state index contributed by atoms with van der Waals surface area (Å²) in [5, 5.41) is 3.09. The van der Waals surface area contributed by atoms with E-state index in [-0.39, 0.29) is 0 Å². The van der Waals surface area contributed by atoms with Crippen LogP contribution >= 0.6 is 12.2 Å². The molecule has 0 aromatic heterocycles. The molecular formula is C9H15NOS. The summed E-state index contributed by atoms with van der Waals surface area (Å²) in [5.41, 5.74) is 1.14. The smallest absolute Gasteiger partial charge is 0.105 e. The van der Waals surface area contributed by atoms with Gasteiger partial charge in [0.2, 0.25) is 0 Å². The van der Waals surface area contributed by atoms with Gasteiger partial charge < -0.3 is 10.1 Å². The predicted molar refractivity (Wildman–Crippen MR) is 54.2 cm³/mol.